The van der Waals surface area contributed by atoms with Crippen molar-refractivity contribution in [1.82, 2.24) is 0 Å². The van der Waals surface area contributed by atoms with Gasteiger partial charge in [-0.2, -0.15) is 5.26 Å². The largest absolute Gasteiger partial charge is 0.396 e. The maximum atomic E-state index is 9.13. The Morgan fingerprint density at radius 3 is 2.00 bits per heavy atom. The second kappa shape index (κ2) is 6.17. The van der Waals surface area contributed by atoms with E-state index in [1.807, 2.05) is 31.2 Å². The van der Waals surface area contributed by atoms with E-state index in [9.17, 15) is 0 Å². The van der Waals surface area contributed by atoms with Crippen LogP contribution in [0.2, 0.25) is 0 Å². The summed E-state index contributed by atoms with van der Waals surface area (Å²) in [7, 11) is 0. The van der Waals surface area contributed by atoms with Crippen molar-refractivity contribution in [3.63, 3.8) is 0 Å². The Morgan fingerprint density at radius 1 is 1.00 bits per heavy atom. The van der Waals surface area contributed by atoms with Crippen LogP contribution < -0.4 is 0 Å². The van der Waals surface area contributed by atoms with Crippen molar-refractivity contribution in [2.45, 2.75) is 19.3 Å². The molecule has 0 aliphatic carbocycles. The summed E-state index contributed by atoms with van der Waals surface area (Å²) >= 11 is 0. The number of nitrogens with zero attached hydrogens (tertiary/aromatic N) is 1. The van der Waals surface area contributed by atoms with Crippen LogP contribution in [0.4, 0.5) is 0 Å². The van der Waals surface area contributed by atoms with Crippen LogP contribution in [0.1, 0.15) is 24.0 Å². The molecule has 2 aromatic rings. The van der Waals surface area contributed by atoms with E-state index in [1.54, 1.807) is 0 Å². The van der Waals surface area contributed by atoms with Gasteiger partial charge in [-0.15, -0.1) is 0 Å². The number of benzene rings is 2. The van der Waals surface area contributed by atoms with Gasteiger partial charge in [-0.05, 0) is 22.3 Å². The molecule has 2 heteroatoms. The highest BCUT2D eigenvalue weighted by molar-refractivity contribution is 5.64. The summed E-state index contributed by atoms with van der Waals surface area (Å²) in [5.41, 5.74) is 4.48. The number of aliphatic hydroxyl groups is 1. The molecule has 1 N–H and O–H groups in total. The second-order valence-electron chi connectivity index (χ2n) is 4.74. The molecule has 2 nitrogen and oxygen atoms in total. The first kappa shape index (κ1) is 13.3. The highest BCUT2D eigenvalue weighted by Gasteiger charge is 2.04. The Labute approximate surface area is 114 Å². The fourth-order valence-corrected chi connectivity index (χ4v) is 2.02. The maximum Gasteiger partial charge on any atom is 0.0669 e. The zero-order valence-electron chi connectivity index (χ0n) is 11.0. The fourth-order valence-electron chi connectivity index (χ4n) is 2.02. The van der Waals surface area contributed by atoms with E-state index >= 15 is 0 Å². The van der Waals surface area contributed by atoms with E-state index in [1.165, 1.54) is 0 Å². The first-order chi connectivity index (χ1) is 9.24. The molecule has 1 atom stereocenters. The predicted molar refractivity (Wildman–Crippen MR) is 76.7 cm³/mol. The van der Waals surface area contributed by atoms with E-state index in [-0.39, 0.29) is 12.5 Å². The van der Waals surface area contributed by atoms with Crippen LogP contribution in [-0.4, -0.2) is 11.7 Å². The van der Waals surface area contributed by atoms with E-state index in [4.69, 9.17) is 10.4 Å². The SMILES string of the molecule is CC(CO)c1ccc(-c2ccc(CC#N)cc2)cc1. The first-order valence-corrected chi connectivity index (χ1v) is 6.41. The molecule has 0 saturated carbocycles. The van der Waals surface area contributed by atoms with E-state index < -0.39 is 0 Å². The van der Waals surface area contributed by atoms with Gasteiger partial charge in [0.25, 0.3) is 0 Å². The quantitative estimate of drug-likeness (QED) is 0.903. The van der Waals surface area contributed by atoms with Crippen molar-refractivity contribution in [1.29, 1.82) is 5.26 Å². The van der Waals surface area contributed by atoms with Crippen molar-refractivity contribution in [2.24, 2.45) is 0 Å². The monoisotopic (exact) mass is 251 g/mol. The van der Waals surface area contributed by atoms with Gasteiger partial charge in [-0.25, -0.2) is 0 Å². The highest BCUT2D eigenvalue weighted by Crippen LogP contribution is 2.23. The number of hydrogen-bond acceptors (Lipinski definition) is 2. The predicted octanol–water partition coefficient (Wildman–Crippen LogP) is 3.52. The van der Waals surface area contributed by atoms with Crippen molar-refractivity contribution >= 4 is 0 Å². The van der Waals surface area contributed by atoms with Crippen molar-refractivity contribution in [3.05, 3.63) is 59.7 Å². The lowest BCUT2D eigenvalue weighted by atomic mass is 9.97. The van der Waals surface area contributed by atoms with Crippen molar-refractivity contribution in [2.75, 3.05) is 6.61 Å². The smallest absolute Gasteiger partial charge is 0.0669 e. The number of rotatable bonds is 4. The van der Waals surface area contributed by atoms with Gasteiger partial charge in [0.15, 0.2) is 0 Å². The van der Waals surface area contributed by atoms with Gasteiger partial charge in [0.1, 0.15) is 0 Å². The van der Waals surface area contributed by atoms with Crippen LogP contribution in [0, 0.1) is 11.3 Å². The molecule has 0 saturated heterocycles. The lowest BCUT2D eigenvalue weighted by Gasteiger charge is -2.09. The molecule has 0 bridgehead atoms. The standard InChI is InChI=1S/C17H17NO/c1-13(12-19)15-6-8-17(9-7-15)16-4-2-14(3-5-16)10-11-18/h2-9,13,19H,10,12H2,1H3. The Hall–Kier alpha value is -2.11. The summed E-state index contributed by atoms with van der Waals surface area (Å²) in [6.45, 7) is 2.17. The average molecular weight is 251 g/mol. The van der Waals surface area contributed by atoms with Gasteiger partial charge in [-0.3, -0.25) is 0 Å². The molecule has 19 heavy (non-hydrogen) atoms. The molecule has 0 aromatic heterocycles. The summed E-state index contributed by atoms with van der Waals surface area (Å²) in [6.07, 6.45) is 0.452. The summed E-state index contributed by atoms with van der Waals surface area (Å²) in [6, 6.07) is 18.5. The van der Waals surface area contributed by atoms with Gasteiger partial charge < -0.3 is 5.11 Å². The maximum absolute atomic E-state index is 9.13. The normalized spacial score (nSPS) is 11.8. The molecule has 0 spiro atoms. The number of nitriles is 1. The second-order valence-corrected chi connectivity index (χ2v) is 4.74. The third-order valence-electron chi connectivity index (χ3n) is 3.32. The molecule has 0 radical (unpaired) electrons. The van der Waals surface area contributed by atoms with Crippen LogP contribution >= 0.6 is 0 Å². The first-order valence-electron chi connectivity index (χ1n) is 6.41. The van der Waals surface area contributed by atoms with Gasteiger partial charge in [0, 0.05) is 12.5 Å². The molecular weight excluding hydrogens is 234 g/mol. The van der Waals surface area contributed by atoms with Crippen LogP contribution in [0.15, 0.2) is 48.5 Å². The summed E-state index contributed by atoms with van der Waals surface area (Å²) in [5, 5.41) is 17.8. The molecule has 0 aliphatic rings. The Kier molecular flexibility index (Phi) is 4.33. The van der Waals surface area contributed by atoms with Crippen LogP contribution in [0.25, 0.3) is 11.1 Å². The van der Waals surface area contributed by atoms with Crippen molar-refractivity contribution < 1.29 is 5.11 Å². The molecule has 0 amide bonds. The zero-order chi connectivity index (χ0) is 13.7. The lowest BCUT2D eigenvalue weighted by molar-refractivity contribution is 0.273. The van der Waals surface area contributed by atoms with Crippen LogP contribution in [-0.2, 0) is 6.42 Å². The van der Waals surface area contributed by atoms with Gasteiger partial charge in [-0.1, -0.05) is 55.5 Å². The minimum Gasteiger partial charge on any atom is -0.396 e. The van der Waals surface area contributed by atoms with E-state index in [0.29, 0.717) is 6.42 Å². The fraction of sp³-hybridized carbons (Fsp3) is 0.235. The molecule has 1 unspecified atom stereocenters. The average Bonchev–Trinajstić information content (AvgIpc) is 2.48. The minimum absolute atomic E-state index is 0.169. The van der Waals surface area contributed by atoms with E-state index in [0.717, 1.165) is 22.3 Å². The topological polar surface area (TPSA) is 44.0 Å². The molecule has 96 valence electrons. The Bertz CT molecular complexity index is 564. The zero-order valence-corrected chi connectivity index (χ0v) is 11.0. The molecule has 0 fully saturated rings. The lowest BCUT2D eigenvalue weighted by Crippen LogP contribution is -1.98. The summed E-state index contributed by atoms with van der Waals surface area (Å²) in [4.78, 5) is 0. The Morgan fingerprint density at radius 2 is 1.53 bits per heavy atom. The van der Waals surface area contributed by atoms with Crippen LogP contribution in [0.5, 0.6) is 0 Å². The molecule has 2 rings (SSSR count). The third-order valence-corrected chi connectivity index (χ3v) is 3.32. The summed E-state index contributed by atoms with van der Waals surface area (Å²) < 4.78 is 0. The molecule has 2 aromatic carbocycles. The molecule has 0 heterocycles. The number of aliphatic hydroxyl groups excluding tert-OH is 1. The minimum atomic E-state index is 0.169. The highest BCUT2D eigenvalue weighted by atomic mass is 16.3. The van der Waals surface area contributed by atoms with Crippen LogP contribution in [0.3, 0.4) is 0 Å². The van der Waals surface area contributed by atoms with Crippen molar-refractivity contribution in [3.8, 4) is 17.2 Å². The van der Waals surface area contributed by atoms with Gasteiger partial charge in [0.2, 0.25) is 0 Å². The molecular formula is C17H17NO. The third kappa shape index (κ3) is 3.21. The van der Waals surface area contributed by atoms with Gasteiger partial charge >= 0.3 is 0 Å². The summed E-state index contributed by atoms with van der Waals surface area (Å²) in [5.74, 6) is 0.173. The number of hydrogen-bond donors (Lipinski definition) is 1. The van der Waals surface area contributed by atoms with E-state index in [2.05, 4.69) is 30.3 Å². The van der Waals surface area contributed by atoms with Gasteiger partial charge in [0.05, 0.1) is 12.5 Å². The Balaban J connectivity index is 2.20. The molecule has 0 aliphatic heterocycles.